The summed E-state index contributed by atoms with van der Waals surface area (Å²) in [5.74, 6) is 1.51. The lowest BCUT2D eigenvalue weighted by atomic mass is 9.98. The normalized spacial score (nSPS) is 13.5. The Morgan fingerprint density at radius 1 is 1.17 bits per heavy atom. The van der Waals surface area contributed by atoms with Gasteiger partial charge in [-0.2, -0.15) is 0 Å². The van der Waals surface area contributed by atoms with E-state index in [1.165, 1.54) is 5.56 Å². The van der Waals surface area contributed by atoms with E-state index in [0.717, 1.165) is 12.0 Å². The summed E-state index contributed by atoms with van der Waals surface area (Å²) in [7, 11) is 3.21. The minimum atomic E-state index is -0.0813. The minimum Gasteiger partial charge on any atom is -0.493 e. The minimum absolute atomic E-state index is 0.0498. The number of ether oxygens (including phenoxy) is 2. The molecule has 1 heterocycles. The largest absolute Gasteiger partial charge is 0.493 e. The van der Waals surface area contributed by atoms with Crippen LogP contribution in [0.15, 0.2) is 12.1 Å². The Labute approximate surface area is 143 Å². The molecule has 24 heavy (non-hydrogen) atoms. The highest BCUT2D eigenvalue weighted by molar-refractivity contribution is 5.85. The van der Waals surface area contributed by atoms with E-state index in [9.17, 15) is 9.59 Å². The van der Waals surface area contributed by atoms with Gasteiger partial charge >= 0.3 is 0 Å². The van der Waals surface area contributed by atoms with E-state index in [0.29, 0.717) is 31.0 Å². The van der Waals surface area contributed by atoms with Crippen molar-refractivity contribution in [2.75, 3.05) is 27.3 Å². The van der Waals surface area contributed by atoms with Crippen LogP contribution >= 0.6 is 0 Å². The van der Waals surface area contributed by atoms with Crippen LogP contribution in [0.5, 0.6) is 11.5 Å². The van der Waals surface area contributed by atoms with Crippen molar-refractivity contribution in [3.05, 3.63) is 23.3 Å². The first kappa shape index (κ1) is 18.1. The molecule has 0 radical (unpaired) electrons. The van der Waals surface area contributed by atoms with Gasteiger partial charge in [-0.1, -0.05) is 13.8 Å². The number of fused-ring (bicyclic) bond motifs is 1. The molecule has 1 aliphatic heterocycles. The number of carbonyl (C=O) groups excluding carboxylic acids is 2. The Hall–Kier alpha value is -2.24. The molecule has 1 aromatic rings. The van der Waals surface area contributed by atoms with Gasteiger partial charge in [0.05, 0.1) is 20.8 Å². The van der Waals surface area contributed by atoms with Crippen molar-refractivity contribution in [2.45, 2.75) is 33.2 Å². The smallest absolute Gasteiger partial charge is 0.242 e. The zero-order chi connectivity index (χ0) is 17.7. The van der Waals surface area contributed by atoms with E-state index in [-0.39, 0.29) is 24.3 Å². The third-order valence-corrected chi connectivity index (χ3v) is 4.10. The summed E-state index contributed by atoms with van der Waals surface area (Å²) in [6, 6.07) is 3.89. The average molecular weight is 334 g/mol. The molecule has 0 fully saturated rings. The van der Waals surface area contributed by atoms with E-state index in [1.54, 1.807) is 19.1 Å². The van der Waals surface area contributed by atoms with Crippen LogP contribution < -0.4 is 14.8 Å². The molecule has 0 spiro atoms. The average Bonchev–Trinajstić information content (AvgIpc) is 2.57. The van der Waals surface area contributed by atoms with Crippen LogP contribution in [0.4, 0.5) is 0 Å². The van der Waals surface area contributed by atoms with Crippen LogP contribution in [0.3, 0.4) is 0 Å². The molecule has 2 amide bonds. The number of hydrogen-bond acceptors (Lipinski definition) is 4. The van der Waals surface area contributed by atoms with Gasteiger partial charge in [-0.3, -0.25) is 9.59 Å². The summed E-state index contributed by atoms with van der Waals surface area (Å²) < 4.78 is 10.6. The number of nitrogens with zero attached hydrogens (tertiary/aromatic N) is 1. The predicted octanol–water partition coefficient (Wildman–Crippen LogP) is 1.75. The molecule has 132 valence electrons. The first-order chi connectivity index (χ1) is 11.4. The molecule has 0 bridgehead atoms. The highest BCUT2D eigenvalue weighted by atomic mass is 16.5. The Morgan fingerprint density at radius 2 is 1.79 bits per heavy atom. The molecule has 6 nitrogen and oxygen atoms in total. The van der Waals surface area contributed by atoms with Gasteiger partial charge in [-0.05, 0) is 35.6 Å². The second-order valence-corrected chi connectivity index (χ2v) is 6.42. The van der Waals surface area contributed by atoms with Gasteiger partial charge in [0.15, 0.2) is 11.5 Å². The molecular formula is C18H26N2O4. The maximum atomic E-state index is 12.3. The van der Waals surface area contributed by atoms with Crippen LogP contribution in [0.25, 0.3) is 0 Å². The van der Waals surface area contributed by atoms with Crippen LogP contribution in [0, 0.1) is 5.92 Å². The van der Waals surface area contributed by atoms with Gasteiger partial charge in [-0.25, -0.2) is 0 Å². The van der Waals surface area contributed by atoms with Crippen molar-refractivity contribution in [2.24, 2.45) is 5.92 Å². The quantitative estimate of drug-likeness (QED) is 0.861. The van der Waals surface area contributed by atoms with Gasteiger partial charge in [-0.15, -0.1) is 0 Å². The maximum absolute atomic E-state index is 12.3. The molecule has 1 aliphatic rings. The van der Waals surface area contributed by atoms with Crippen molar-refractivity contribution in [3.63, 3.8) is 0 Å². The molecular weight excluding hydrogens is 308 g/mol. The van der Waals surface area contributed by atoms with Crippen molar-refractivity contribution >= 4 is 11.8 Å². The zero-order valence-electron chi connectivity index (χ0n) is 14.8. The Bertz CT molecular complexity index is 613. The number of nitrogens with one attached hydrogen (secondary N) is 1. The number of benzene rings is 1. The van der Waals surface area contributed by atoms with Gasteiger partial charge in [0.25, 0.3) is 0 Å². The van der Waals surface area contributed by atoms with Crippen LogP contribution in [0.1, 0.15) is 31.4 Å². The third kappa shape index (κ3) is 4.40. The molecule has 0 saturated carbocycles. The fourth-order valence-electron chi connectivity index (χ4n) is 2.83. The number of amides is 2. The van der Waals surface area contributed by atoms with Crippen LogP contribution in [0.2, 0.25) is 0 Å². The number of rotatable bonds is 6. The SMILES string of the molecule is COc1cc2c(cc1OC)CN(C(=O)CNC(=O)CC(C)C)CC2. The first-order valence-corrected chi connectivity index (χ1v) is 8.22. The second-order valence-electron chi connectivity index (χ2n) is 6.42. The molecule has 2 rings (SSSR count). The summed E-state index contributed by atoms with van der Waals surface area (Å²) in [5.41, 5.74) is 2.22. The monoisotopic (exact) mass is 334 g/mol. The van der Waals surface area contributed by atoms with Crippen molar-refractivity contribution < 1.29 is 19.1 Å². The molecule has 0 aromatic heterocycles. The molecule has 0 aliphatic carbocycles. The Kier molecular flexibility index (Phi) is 6.06. The molecule has 0 atom stereocenters. The fraction of sp³-hybridized carbons (Fsp3) is 0.556. The molecule has 1 N–H and O–H groups in total. The van der Waals surface area contributed by atoms with Crippen molar-refractivity contribution in [1.29, 1.82) is 0 Å². The topological polar surface area (TPSA) is 67.9 Å². The Balaban J connectivity index is 1.99. The van der Waals surface area contributed by atoms with E-state index in [1.807, 2.05) is 26.0 Å². The summed E-state index contributed by atoms with van der Waals surface area (Å²) in [6.45, 7) is 5.17. The van der Waals surface area contributed by atoms with Gasteiger partial charge in [0.2, 0.25) is 11.8 Å². The summed E-state index contributed by atoms with van der Waals surface area (Å²) in [5, 5.41) is 2.70. The third-order valence-electron chi connectivity index (χ3n) is 4.10. The summed E-state index contributed by atoms with van der Waals surface area (Å²) >= 11 is 0. The second kappa shape index (κ2) is 8.04. The van der Waals surface area contributed by atoms with E-state index in [2.05, 4.69) is 5.32 Å². The van der Waals surface area contributed by atoms with E-state index >= 15 is 0 Å². The summed E-state index contributed by atoms with van der Waals surface area (Å²) in [6.07, 6.45) is 1.20. The van der Waals surface area contributed by atoms with E-state index in [4.69, 9.17) is 9.47 Å². The lowest BCUT2D eigenvalue weighted by Crippen LogP contribution is -2.42. The standard InChI is InChI=1S/C18H26N2O4/c1-12(2)7-17(21)19-10-18(22)20-6-5-13-8-15(23-3)16(24-4)9-14(13)11-20/h8-9,12H,5-7,10-11H2,1-4H3,(H,19,21). The lowest BCUT2D eigenvalue weighted by molar-refractivity contribution is -0.133. The van der Waals surface area contributed by atoms with Crippen LogP contribution in [-0.2, 0) is 22.6 Å². The molecule has 0 saturated heterocycles. The highest BCUT2D eigenvalue weighted by Crippen LogP contribution is 2.33. The van der Waals surface area contributed by atoms with Crippen LogP contribution in [-0.4, -0.2) is 44.0 Å². The van der Waals surface area contributed by atoms with Gasteiger partial charge in [0, 0.05) is 19.5 Å². The van der Waals surface area contributed by atoms with Crippen molar-refractivity contribution in [1.82, 2.24) is 10.2 Å². The molecule has 6 heteroatoms. The fourth-order valence-corrected chi connectivity index (χ4v) is 2.83. The lowest BCUT2D eigenvalue weighted by Gasteiger charge is -2.29. The Morgan fingerprint density at radius 3 is 2.38 bits per heavy atom. The number of methoxy groups -OCH3 is 2. The highest BCUT2D eigenvalue weighted by Gasteiger charge is 2.23. The summed E-state index contributed by atoms with van der Waals surface area (Å²) in [4.78, 5) is 25.8. The maximum Gasteiger partial charge on any atom is 0.242 e. The van der Waals surface area contributed by atoms with E-state index < -0.39 is 0 Å². The zero-order valence-corrected chi connectivity index (χ0v) is 14.8. The molecule has 0 unspecified atom stereocenters. The van der Waals surface area contributed by atoms with Gasteiger partial charge < -0.3 is 19.7 Å². The predicted molar refractivity (Wildman–Crippen MR) is 91.1 cm³/mol. The van der Waals surface area contributed by atoms with Gasteiger partial charge in [0.1, 0.15) is 0 Å². The molecule has 1 aromatic carbocycles. The first-order valence-electron chi connectivity index (χ1n) is 8.22. The number of hydrogen-bond donors (Lipinski definition) is 1. The number of carbonyl (C=O) groups is 2. The van der Waals surface area contributed by atoms with Crippen molar-refractivity contribution in [3.8, 4) is 11.5 Å².